The lowest BCUT2D eigenvalue weighted by molar-refractivity contribution is -0.132. The van der Waals surface area contributed by atoms with Gasteiger partial charge in [-0.25, -0.2) is 0 Å². The van der Waals surface area contributed by atoms with Crippen LogP contribution in [0.5, 0.6) is 0 Å². The molecular formula is C14H18N2O3S. The number of carbonyl (C=O) groups is 1. The van der Waals surface area contributed by atoms with Gasteiger partial charge in [0.1, 0.15) is 5.76 Å². The number of aryl methyl sites for hydroxylation is 1. The van der Waals surface area contributed by atoms with Gasteiger partial charge in [0, 0.05) is 31.1 Å². The zero-order valence-electron chi connectivity index (χ0n) is 11.8. The van der Waals surface area contributed by atoms with Crippen molar-refractivity contribution in [2.24, 2.45) is 0 Å². The van der Waals surface area contributed by atoms with E-state index in [-0.39, 0.29) is 16.8 Å². The molecular weight excluding hydrogens is 276 g/mol. The molecule has 0 aromatic carbocycles. The molecule has 1 amide bonds. The topological polar surface area (TPSA) is 55.5 Å². The molecule has 0 bridgehead atoms. The number of amides is 1. The zero-order chi connectivity index (χ0) is 14.7. The minimum Gasteiger partial charge on any atom is -0.467 e. The smallest absolute Gasteiger partial charge is 0.307 e. The van der Waals surface area contributed by atoms with Crippen LogP contribution in [0.4, 0.5) is 0 Å². The van der Waals surface area contributed by atoms with E-state index in [0.29, 0.717) is 13.0 Å². The molecule has 0 aliphatic rings. The third-order valence-corrected chi connectivity index (χ3v) is 4.34. The lowest BCUT2D eigenvalue weighted by atomic mass is 10.2. The number of furan rings is 1. The van der Waals surface area contributed by atoms with Crippen molar-refractivity contribution in [2.75, 3.05) is 7.05 Å². The SMILES string of the molecule is Cc1csc(=O)n1CCC(=O)N(C)C(C)c1ccco1. The number of aromatic nitrogens is 1. The van der Waals surface area contributed by atoms with E-state index >= 15 is 0 Å². The molecule has 2 aromatic rings. The van der Waals surface area contributed by atoms with E-state index in [1.165, 1.54) is 0 Å². The van der Waals surface area contributed by atoms with Crippen LogP contribution in [-0.4, -0.2) is 22.4 Å². The zero-order valence-corrected chi connectivity index (χ0v) is 12.6. The van der Waals surface area contributed by atoms with Crippen LogP contribution >= 0.6 is 11.3 Å². The maximum atomic E-state index is 12.2. The van der Waals surface area contributed by atoms with Gasteiger partial charge in [0.15, 0.2) is 0 Å². The van der Waals surface area contributed by atoms with Gasteiger partial charge in [0.05, 0.1) is 12.3 Å². The van der Waals surface area contributed by atoms with Crippen molar-refractivity contribution < 1.29 is 9.21 Å². The second kappa shape index (κ2) is 6.09. The number of nitrogens with zero attached hydrogens (tertiary/aromatic N) is 2. The summed E-state index contributed by atoms with van der Waals surface area (Å²) in [7, 11) is 1.75. The highest BCUT2D eigenvalue weighted by Gasteiger charge is 2.19. The van der Waals surface area contributed by atoms with E-state index in [0.717, 1.165) is 22.8 Å². The summed E-state index contributed by atoms with van der Waals surface area (Å²) in [6.07, 6.45) is 1.90. The standard InChI is InChI=1S/C14H18N2O3S/c1-10-9-20-14(18)16(10)7-6-13(17)15(3)11(2)12-5-4-8-19-12/h4-5,8-9,11H,6-7H2,1-3H3. The minimum atomic E-state index is -0.113. The number of hydrogen-bond donors (Lipinski definition) is 0. The van der Waals surface area contributed by atoms with Crippen LogP contribution in [0, 0.1) is 6.92 Å². The molecule has 0 radical (unpaired) electrons. The Morgan fingerprint density at radius 3 is 2.85 bits per heavy atom. The summed E-state index contributed by atoms with van der Waals surface area (Å²) in [6, 6.07) is 3.54. The van der Waals surface area contributed by atoms with Crippen molar-refractivity contribution in [2.45, 2.75) is 32.9 Å². The molecule has 0 saturated carbocycles. The van der Waals surface area contributed by atoms with Gasteiger partial charge in [-0.05, 0) is 26.0 Å². The molecule has 6 heteroatoms. The van der Waals surface area contributed by atoms with Crippen molar-refractivity contribution in [3.8, 4) is 0 Å². The Balaban J connectivity index is 1.97. The van der Waals surface area contributed by atoms with Gasteiger partial charge < -0.3 is 13.9 Å². The molecule has 1 unspecified atom stereocenters. The van der Waals surface area contributed by atoms with E-state index in [1.54, 1.807) is 28.8 Å². The molecule has 20 heavy (non-hydrogen) atoms. The lowest BCUT2D eigenvalue weighted by Gasteiger charge is -2.23. The monoisotopic (exact) mass is 294 g/mol. The molecule has 1 atom stereocenters. The molecule has 108 valence electrons. The van der Waals surface area contributed by atoms with Crippen molar-refractivity contribution in [1.82, 2.24) is 9.47 Å². The fraction of sp³-hybridized carbons (Fsp3) is 0.429. The highest BCUT2D eigenvalue weighted by Crippen LogP contribution is 2.19. The molecule has 0 aliphatic carbocycles. The van der Waals surface area contributed by atoms with E-state index in [1.807, 2.05) is 25.3 Å². The largest absolute Gasteiger partial charge is 0.467 e. The highest BCUT2D eigenvalue weighted by molar-refractivity contribution is 7.07. The first-order chi connectivity index (χ1) is 9.50. The van der Waals surface area contributed by atoms with Crippen molar-refractivity contribution in [3.63, 3.8) is 0 Å². The molecule has 5 nitrogen and oxygen atoms in total. The van der Waals surface area contributed by atoms with Crippen molar-refractivity contribution >= 4 is 17.2 Å². The fourth-order valence-electron chi connectivity index (χ4n) is 1.99. The van der Waals surface area contributed by atoms with Crippen LogP contribution in [0.15, 0.2) is 33.0 Å². The Morgan fingerprint density at radius 2 is 2.30 bits per heavy atom. The van der Waals surface area contributed by atoms with E-state index in [4.69, 9.17) is 4.42 Å². The van der Waals surface area contributed by atoms with Gasteiger partial charge >= 0.3 is 4.87 Å². The maximum absolute atomic E-state index is 12.2. The summed E-state index contributed by atoms with van der Waals surface area (Å²) in [4.78, 5) is 25.4. The maximum Gasteiger partial charge on any atom is 0.307 e. The molecule has 0 saturated heterocycles. The highest BCUT2D eigenvalue weighted by atomic mass is 32.1. The Kier molecular flexibility index (Phi) is 4.44. The molecule has 0 aliphatic heterocycles. The van der Waals surface area contributed by atoms with Gasteiger partial charge in [-0.15, -0.1) is 0 Å². The second-order valence-electron chi connectivity index (χ2n) is 4.74. The lowest BCUT2D eigenvalue weighted by Crippen LogP contribution is -2.31. The van der Waals surface area contributed by atoms with E-state index in [2.05, 4.69) is 0 Å². The number of hydrogen-bond acceptors (Lipinski definition) is 4. The fourth-order valence-corrected chi connectivity index (χ4v) is 2.76. The van der Waals surface area contributed by atoms with Crippen LogP contribution in [-0.2, 0) is 11.3 Å². The first kappa shape index (κ1) is 14.6. The Labute approximate surface area is 121 Å². The first-order valence-electron chi connectivity index (χ1n) is 6.44. The number of thiazole rings is 1. The predicted octanol–water partition coefficient (Wildman–Crippen LogP) is 2.42. The van der Waals surface area contributed by atoms with Gasteiger partial charge in [0.2, 0.25) is 5.91 Å². The quantitative estimate of drug-likeness (QED) is 0.851. The average Bonchev–Trinajstić information content (AvgIpc) is 3.06. The summed E-state index contributed by atoms with van der Waals surface area (Å²) in [5.41, 5.74) is 0.898. The third kappa shape index (κ3) is 3.01. The van der Waals surface area contributed by atoms with Crippen LogP contribution in [0.1, 0.15) is 30.8 Å². The number of carbonyl (C=O) groups excluding carboxylic acids is 1. The average molecular weight is 294 g/mol. The molecule has 0 spiro atoms. The summed E-state index contributed by atoms with van der Waals surface area (Å²) >= 11 is 1.16. The van der Waals surface area contributed by atoms with Crippen LogP contribution in [0.2, 0.25) is 0 Å². The van der Waals surface area contributed by atoms with Gasteiger partial charge in [0.25, 0.3) is 0 Å². The molecule has 2 heterocycles. The Bertz CT molecular complexity index is 627. The summed E-state index contributed by atoms with van der Waals surface area (Å²) in [6.45, 7) is 4.21. The number of rotatable bonds is 5. The molecule has 2 aromatic heterocycles. The predicted molar refractivity (Wildman–Crippen MR) is 77.8 cm³/mol. The Morgan fingerprint density at radius 1 is 1.55 bits per heavy atom. The molecule has 0 fully saturated rings. The molecule has 2 rings (SSSR count). The second-order valence-corrected chi connectivity index (χ2v) is 5.56. The van der Waals surface area contributed by atoms with Crippen molar-refractivity contribution in [3.05, 3.63) is 44.9 Å². The summed E-state index contributed by atoms with van der Waals surface area (Å²) in [5, 5.41) is 1.81. The summed E-state index contributed by atoms with van der Waals surface area (Å²) < 4.78 is 6.94. The minimum absolute atomic E-state index is 0.00796. The van der Waals surface area contributed by atoms with Crippen LogP contribution < -0.4 is 4.87 Å². The molecule has 0 N–H and O–H groups in total. The Hall–Kier alpha value is -1.82. The van der Waals surface area contributed by atoms with Crippen molar-refractivity contribution in [1.29, 1.82) is 0 Å². The van der Waals surface area contributed by atoms with E-state index < -0.39 is 0 Å². The van der Waals surface area contributed by atoms with Crippen LogP contribution in [0.3, 0.4) is 0 Å². The van der Waals surface area contributed by atoms with E-state index in [9.17, 15) is 9.59 Å². The first-order valence-corrected chi connectivity index (χ1v) is 7.32. The van der Waals surface area contributed by atoms with Gasteiger partial charge in [-0.2, -0.15) is 0 Å². The van der Waals surface area contributed by atoms with Gasteiger partial charge in [-0.3, -0.25) is 9.59 Å². The third-order valence-electron chi connectivity index (χ3n) is 3.45. The summed E-state index contributed by atoms with van der Waals surface area (Å²) in [5.74, 6) is 0.746. The van der Waals surface area contributed by atoms with Crippen LogP contribution in [0.25, 0.3) is 0 Å². The normalized spacial score (nSPS) is 12.3. The van der Waals surface area contributed by atoms with Gasteiger partial charge in [-0.1, -0.05) is 11.3 Å².